The largest absolute Gasteiger partial charge is 0.345 e. The quantitative estimate of drug-likeness (QED) is 0.799. The Morgan fingerprint density at radius 1 is 1.29 bits per heavy atom. The molecule has 0 spiro atoms. The van der Waals surface area contributed by atoms with Crippen molar-refractivity contribution in [1.82, 2.24) is 19.9 Å². The van der Waals surface area contributed by atoms with Gasteiger partial charge in [0.1, 0.15) is 0 Å². The average molecular weight is 334 g/mol. The number of piperidine rings is 2. The van der Waals surface area contributed by atoms with Gasteiger partial charge in [-0.2, -0.15) is 4.98 Å². The fraction of sp³-hybridized carbons (Fsp3) is 0.833. The molecule has 0 saturated carbocycles. The van der Waals surface area contributed by atoms with Gasteiger partial charge in [-0.25, -0.2) is 0 Å². The van der Waals surface area contributed by atoms with Crippen molar-refractivity contribution < 1.29 is 9.32 Å². The lowest BCUT2D eigenvalue weighted by Gasteiger charge is -2.44. The van der Waals surface area contributed by atoms with E-state index in [1.165, 1.54) is 45.2 Å². The maximum atomic E-state index is 12.4. The third-order valence-electron chi connectivity index (χ3n) is 5.62. The van der Waals surface area contributed by atoms with E-state index in [0.717, 1.165) is 12.5 Å². The van der Waals surface area contributed by atoms with Crippen LogP contribution in [0.25, 0.3) is 0 Å². The molecule has 1 amide bonds. The first-order chi connectivity index (χ1) is 11.6. The summed E-state index contributed by atoms with van der Waals surface area (Å²) in [6.07, 6.45) is 8.96. The Labute approximate surface area is 144 Å². The Balaban J connectivity index is 1.42. The van der Waals surface area contributed by atoms with Gasteiger partial charge in [0, 0.05) is 39.4 Å². The van der Waals surface area contributed by atoms with Gasteiger partial charge >= 0.3 is 0 Å². The van der Waals surface area contributed by atoms with Crippen molar-refractivity contribution >= 4 is 5.91 Å². The summed E-state index contributed by atoms with van der Waals surface area (Å²) in [4.78, 5) is 21.1. The van der Waals surface area contributed by atoms with Crippen molar-refractivity contribution in [2.75, 3.05) is 26.7 Å². The molecular formula is C18H30N4O2. The Hall–Kier alpha value is -1.43. The first kappa shape index (κ1) is 17.4. The molecule has 0 aliphatic carbocycles. The minimum Gasteiger partial charge on any atom is -0.345 e. The Morgan fingerprint density at radius 2 is 2.12 bits per heavy atom. The average Bonchev–Trinajstić information content (AvgIpc) is 3.02. The Kier molecular flexibility index (Phi) is 5.87. The normalized spacial score (nSPS) is 24.6. The van der Waals surface area contributed by atoms with Gasteiger partial charge in [0.2, 0.25) is 11.8 Å². The van der Waals surface area contributed by atoms with Crippen LogP contribution < -0.4 is 0 Å². The first-order valence-electron chi connectivity index (χ1n) is 9.40. The minimum atomic E-state index is 0.239. The van der Waals surface area contributed by atoms with Crippen molar-refractivity contribution in [1.29, 1.82) is 0 Å². The number of fused-ring (bicyclic) bond motifs is 1. The van der Waals surface area contributed by atoms with E-state index < -0.39 is 0 Å². The van der Waals surface area contributed by atoms with Crippen LogP contribution in [0.2, 0.25) is 0 Å². The van der Waals surface area contributed by atoms with Crippen LogP contribution in [0.3, 0.4) is 0 Å². The van der Waals surface area contributed by atoms with E-state index in [2.05, 4.69) is 15.0 Å². The van der Waals surface area contributed by atoms with Crippen LogP contribution in [0.1, 0.15) is 56.7 Å². The lowest BCUT2D eigenvalue weighted by Crippen LogP contribution is -2.48. The molecule has 2 atom stereocenters. The summed E-state index contributed by atoms with van der Waals surface area (Å²) in [5.41, 5.74) is 0. The molecule has 0 aromatic carbocycles. The molecule has 0 unspecified atom stereocenters. The maximum absolute atomic E-state index is 12.4. The van der Waals surface area contributed by atoms with Gasteiger partial charge in [-0.3, -0.25) is 4.79 Å². The lowest BCUT2D eigenvalue weighted by atomic mass is 9.81. The molecule has 3 rings (SSSR count). The van der Waals surface area contributed by atoms with E-state index in [9.17, 15) is 4.79 Å². The van der Waals surface area contributed by atoms with E-state index in [1.54, 1.807) is 6.92 Å². The van der Waals surface area contributed by atoms with Crippen LogP contribution in [0.5, 0.6) is 0 Å². The summed E-state index contributed by atoms with van der Waals surface area (Å²) in [6.45, 7) is 4.96. The molecule has 0 bridgehead atoms. The van der Waals surface area contributed by atoms with Crippen molar-refractivity contribution in [3.8, 4) is 0 Å². The van der Waals surface area contributed by atoms with Crippen molar-refractivity contribution in [2.24, 2.45) is 5.92 Å². The number of hydrogen-bond donors (Lipinski definition) is 0. The predicted molar refractivity (Wildman–Crippen MR) is 91.5 cm³/mol. The molecule has 134 valence electrons. The lowest BCUT2D eigenvalue weighted by molar-refractivity contribution is -0.130. The number of rotatable bonds is 6. The summed E-state index contributed by atoms with van der Waals surface area (Å²) >= 11 is 0. The molecule has 6 heteroatoms. The first-order valence-corrected chi connectivity index (χ1v) is 9.40. The van der Waals surface area contributed by atoms with E-state index in [-0.39, 0.29) is 5.91 Å². The highest BCUT2D eigenvalue weighted by Gasteiger charge is 2.33. The van der Waals surface area contributed by atoms with Gasteiger partial charge in [-0.1, -0.05) is 11.6 Å². The van der Waals surface area contributed by atoms with Crippen LogP contribution in [-0.4, -0.2) is 58.6 Å². The molecule has 0 N–H and O–H groups in total. The van der Waals surface area contributed by atoms with Crippen LogP contribution in [0, 0.1) is 12.8 Å². The number of amides is 1. The molecule has 1 aromatic heterocycles. The van der Waals surface area contributed by atoms with Crippen LogP contribution in [0.4, 0.5) is 0 Å². The zero-order chi connectivity index (χ0) is 16.9. The molecule has 3 heterocycles. The number of nitrogens with zero attached hydrogens (tertiary/aromatic N) is 4. The van der Waals surface area contributed by atoms with Gasteiger partial charge in [-0.05, 0) is 51.1 Å². The summed E-state index contributed by atoms with van der Waals surface area (Å²) in [5.74, 6) is 2.20. The minimum absolute atomic E-state index is 0.239. The van der Waals surface area contributed by atoms with Gasteiger partial charge in [0.15, 0.2) is 5.82 Å². The van der Waals surface area contributed by atoms with E-state index in [1.807, 2.05) is 11.9 Å². The van der Waals surface area contributed by atoms with Gasteiger partial charge < -0.3 is 14.3 Å². The van der Waals surface area contributed by atoms with Gasteiger partial charge in [0.05, 0.1) is 0 Å². The second-order valence-electron chi connectivity index (χ2n) is 7.33. The van der Waals surface area contributed by atoms with Gasteiger partial charge in [0.25, 0.3) is 0 Å². The summed E-state index contributed by atoms with van der Waals surface area (Å²) in [5, 5.41) is 3.88. The molecule has 1 aromatic rings. The second-order valence-corrected chi connectivity index (χ2v) is 7.33. The fourth-order valence-electron chi connectivity index (χ4n) is 4.25. The Bertz CT molecular complexity index is 543. The number of likely N-dealkylation sites (N-methyl/N-ethyl adjacent to an activating group) is 1. The third kappa shape index (κ3) is 4.35. The zero-order valence-electron chi connectivity index (χ0n) is 15.0. The highest BCUT2D eigenvalue weighted by atomic mass is 16.5. The van der Waals surface area contributed by atoms with E-state index in [4.69, 9.17) is 4.52 Å². The second kappa shape index (κ2) is 8.10. The van der Waals surface area contributed by atoms with Crippen molar-refractivity contribution in [3.05, 3.63) is 11.7 Å². The summed E-state index contributed by atoms with van der Waals surface area (Å²) in [6, 6.07) is 0.730. The van der Waals surface area contributed by atoms with E-state index in [0.29, 0.717) is 37.0 Å². The predicted octanol–water partition coefficient (Wildman–Crippen LogP) is 2.42. The molecular weight excluding hydrogens is 304 g/mol. The number of aromatic nitrogens is 2. The maximum Gasteiger partial charge on any atom is 0.223 e. The third-order valence-corrected chi connectivity index (χ3v) is 5.62. The molecule has 24 heavy (non-hydrogen) atoms. The summed E-state index contributed by atoms with van der Waals surface area (Å²) in [7, 11) is 1.88. The van der Waals surface area contributed by atoms with Crippen molar-refractivity contribution in [3.63, 3.8) is 0 Å². The van der Waals surface area contributed by atoms with Crippen molar-refractivity contribution in [2.45, 2.75) is 64.3 Å². The summed E-state index contributed by atoms with van der Waals surface area (Å²) < 4.78 is 4.97. The highest BCUT2D eigenvalue weighted by molar-refractivity contribution is 5.75. The SMILES string of the molecule is Cc1nc(CCN(C)C(=O)CC[C@@H]2CCCN3CCCC[C@H]23)no1. The molecule has 2 fully saturated rings. The molecule has 2 aliphatic heterocycles. The van der Waals surface area contributed by atoms with Crippen LogP contribution >= 0.6 is 0 Å². The van der Waals surface area contributed by atoms with Crippen LogP contribution in [0.15, 0.2) is 4.52 Å². The zero-order valence-corrected chi connectivity index (χ0v) is 15.0. The van der Waals surface area contributed by atoms with Crippen LogP contribution in [-0.2, 0) is 11.2 Å². The molecule has 0 radical (unpaired) electrons. The van der Waals surface area contributed by atoms with Gasteiger partial charge in [-0.15, -0.1) is 0 Å². The molecule has 6 nitrogen and oxygen atoms in total. The van der Waals surface area contributed by atoms with E-state index >= 15 is 0 Å². The topological polar surface area (TPSA) is 62.5 Å². The fourth-order valence-corrected chi connectivity index (χ4v) is 4.25. The highest BCUT2D eigenvalue weighted by Crippen LogP contribution is 2.33. The standard InChI is InChI=1S/C18H30N4O2/c1-14-19-17(20-24-14)10-13-21(2)18(23)9-8-15-6-5-12-22-11-4-3-7-16(15)22/h15-16H,3-13H2,1-2H3/t15-,16+/m0/s1. The number of carbonyl (C=O) groups is 1. The molecule has 2 saturated heterocycles. The number of hydrogen-bond acceptors (Lipinski definition) is 5. The molecule has 2 aliphatic rings. The Morgan fingerprint density at radius 3 is 2.92 bits per heavy atom. The smallest absolute Gasteiger partial charge is 0.223 e. The monoisotopic (exact) mass is 334 g/mol. The number of aryl methyl sites for hydroxylation is 1. The number of carbonyl (C=O) groups excluding carboxylic acids is 1.